The summed E-state index contributed by atoms with van der Waals surface area (Å²) in [6.07, 6.45) is 2.83. The van der Waals surface area contributed by atoms with Crippen molar-refractivity contribution < 1.29 is 22.7 Å². The average Bonchev–Trinajstić information content (AvgIpc) is 2.80. The van der Waals surface area contributed by atoms with Gasteiger partial charge in [-0.1, -0.05) is 43.7 Å². The third-order valence-corrected chi connectivity index (χ3v) is 6.37. The smallest absolute Gasteiger partial charge is 0.244 e. The molecule has 1 atom stereocenters. The minimum atomic E-state index is -3.72. The molecule has 0 unspecified atom stereocenters. The van der Waals surface area contributed by atoms with Gasteiger partial charge in [-0.15, -0.1) is 0 Å². The zero-order valence-corrected chi connectivity index (χ0v) is 20.5. The molecule has 0 aromatic heterocycles. The normalized spacial score (nSPS) is 12.0. The number of unbranched alkanes of at least 4 members (excludes halogenated alkanes) is 1. The number of methoxy groups -OCH3 is 1. The molecule has 2 aromatic rings. The molecule has 33 heavy (non-hydrogen) atoms. The number of amides is 2. The fraction of sp³-hybridized carbons (Fsp3) is 0.417. The molecule has 1 N–H and O–H groups in total. The van der Waals surface area contributed by atoms with Gasteiger partial charge in [-0.25, -0.2) is 8.42 Å². The third-order valence-electron chi connectivity index (χ3n) is 5.23. The second-order valence-electron chi connectivity index (χ2n) is 7.80. The molecule has 2 amide bonds. The van der Waals surface area contributed by atoms with Crippen LogP contribution in [0, 0.1) is 0 Å². The van der Waals surface area contributed by atoms with Crippen molar-refractivity contribution in [2.45, 2.75) is 39.3 Å². The molecule has 0 aliphatic heterocycles. The van der Waals surface area contributed by atoms with Crippen molar-refractivity contribution in [1.29, 1.82) is 0 Å². The molecule has 0 aliphatic rings. The standard InChI is InChI=1S/C24H33N3O5S/c1-5-6-16-25-24(29)19(2)26(17-20-12-14-22(32-3)15-13-20)23(28)18-27(33(4,30)31)21-10-8-7-9-11-21/h7-15,19H,5-6,16-18H2,1-4H3,(H,25,29)/t19-/m1/s1. The minimum Gasteiger partial charge on any atom is -0.497 e. The van der Waals surface area contributed by atoms with Crippen molar-refractivity contribution in [2.24, 2.45) is 0 Å². The molecule has 0 saturated heterocycles. The predicted octanol–water partition coefficient (Wildman–Crippen LogP) is 2.79. The lowest BCUT2D eigenvalue weighted by atomic mass is 10.1. The van der Waals surface area contributed by atoms with Gasteiger partial charge in [-0.05, 0) is 43.2 Å². The molecule has 0 aliphatic carbocycles. The van der Waals surface area contributed by atoms with Crippen LogP contribution in [0.15, 0.2) is 54.6 Å². The van der Waals surface area contributed by atoms with Crippen LogP contribution in [-0.2, 0) is 26.2 Å². The Morgan fingerprint density at radius 2 is 1.70 bits per heavy atom. The molecule has 0 radical (unpaired) electrons. The van der Waals surface area contributed by atoms with Crippen LogP contribution >= 0.6 is 0 Å². The Morgan fingerprint density at radius 1 is 1.06 bits per heavy atom. The van der Waals surface area contributed by atoms with Gasteiger partial charge >= 0.3 is 0 Å². The van der Waals surface area contributed by atoms with E-state index >= 15 is 0 Å². The van der Waals surface area contributed by atoms with E-state index in [0.717, 1.165) is 29.0 Å². The van der Waals surface area contributed by atoms with Crippen molar-refractivity contribution in [3.8, 4) is 5.75 Å². The van der Waals surface area contributed by atoms with Gasteiger partial charge in [0.05, 0.1) is 19.1 Å². The Bertz CT molecular complexity index is 1010. The van der Waals surface area contributed by atoms with Crippen LogP contribution in [0.5, 0.6) is 5.75 Å². The number of nitrogens with one attached hydrogen (secondary N) is 1. The highest BCUT2D eigenvalue weighted by atomic mass is 32.2. The third kappa shape index (κ3) is 7.78. The Labute approximate surface area is 196 Å². The second-order valence-corrected chi connectivity index (χ2v) is 9.70. The second kappa shape index (κ2) is 12.2. The van der Waals surface area contributed by atoms with Crippen molar-refractivity contribution in [3.63, 3.8) is 0 Å². The Hall–Kier alpha value is -3.07. The number of rotatable bonds is 12. The summed E-state index contributed by atoms with van der Waals surface area (Å²) in [5, 5.41) is 2.85. The van der Waals surface area contributed by atoms with Crippen LogP contribution in [-0.4, -0.2) is 57.6 Å². The van der Waals surface area contributed by atoms with Gasteiger partial charge in [0.1, 0.15) is 18.3 Å². The maximum absolute atomic E-state index is 13.4. The predicted molar refractivity (Wildman–Crippen MR) is 130 cm³/mol. The van der Waals surface area contributed by atoms with Gasteiger partial charge in [0.25, 0.3) is 0 Å². The number of hydrogen-bond acceptors (Lipinski definition) is 5. The van der Waals surface area contributed by atoms with Gasteiger partial charge < -0.3 is 15.0 Å². The first-order valence-electron chi connectivity index (χ1n) is 10.9. The van der Waals surface area contributed by atoms with Crippen molar-refractivity contribution in [3.05, 3.63) is 60.2 Å². The molecule has 2 rings (SSSR count). The number of para-hydroxylation sites is 1. The summed E-state index contributed by atoms with van der Waals surface area (Å²) >= 11 is 0. The molecular formula is C24H33N3O5S. The summed E-state index contributed by atoms with van der Waals surface area (Å²) in [6, 6.07) is 14.8. The average molecular weight is 476 g/mol. The lowest BCUT2D eigenvalue weighted by molar-refractivity contribution is -0.139. The molecule has 0 spiro atoms. The Morgan fingerprint density at radius 3 is 2.24 bits per heavy atom. The summed E-state index contributed by atoms with van der Waals surface area (Å²) < 4.78 is 31.2. The summed E-state index contributed by atoms with van der Waals surface area (Å²) in [6.45, 7) is 3.93. The van der Waals surface area contributed by atoms with Gasteiger partial charge in [-0.3, -0.25) is 13.9 Å². The molecule has 180 valence electrons. The number of benzene rings is 2. The van der Waals surface area contributed by atoms with Gasteiger partial charge in [0.2, 0.25) is 21.8 Å². The lowest BCUT2D eigenvalue weighted by Crippen LogP contribution is -2.51. The van der Waals surface area contributed by atoms with E-state index in [1.54, 1.807) is 56.5 Å². The number of nitrogens with zero attached hydrogens (tertiary/aromatic N) is 2. The van der Waals surface area contributed by atoms with E-state index in [1.165, 1.54) is 4.90 Å². The highest BCUT2D eigenvalue weighted by Gasteiger charge is 2.29. The van der Waals surface area contributed by atoms with Gasteiger partial charge in [-0.2, -0.15) is 0 Å². The number of sulfonamides is 1. The lowest BCUT2D eigenvalue weighted by Gasteiger charge is -2.31. The van der Waals surface area contributed by atoms with E-state index in [1.807, 2.05) is 19.1 Å². The van der Waals surface area contributed by atoms with E-state index in [-0.39, 0.29) is 12.5 Å². The molecule has 8 nitrogen and oxygen atoms in total. The first-order chi connectivity index (χ1) is 15.7. The molecule has 0 fully saturated rings. The SMILES string of the molecule is CCCCNC(=O)[C@@H](C)N(Cc1ccc(OC)cc1)C(=O)CN(c1ccccc1)S(C)(=O)=O. The van der Waals surface area contributed by atoms with Crippen molar-refractivity contribution in [2.75, 3.05) is 30.8 Å². The van der Waals surface area contributed by atoms with Crippen LogP contribution in [0.3, 0.4) is 0 Å². The van der Waals surface area contributed by atoms with Crippen molar-refractivity contribution >= 4 is 27.5 Å². The van der Waals surface area contributed by atoms with Crippen LogP contribution in [0.4, 0.5) is 5.69 Å². The van der Waals surface area contributed by atoms with Crippen molar-refractivity contribution in [1.82, 2.24) is 10.2 Å². The van der Waals surface area contributed by atoms with Crippen LogP contribution in [0.1, 0.15) is 32.3 Å². The van der Waals surface area contributed by atoms with Crippen LogP contribution in [0.25, 0.3) is 0 Å². The van der Waals surface area contributed by atoms with E-state index < -0.39 is 28.5 Å². The molecule has 2 aromatic carbocycles. The van der Waals surface area contributed by atoms with Crippen LogP contribution in [0.2, 0.25) is 0 Å². The zero-order valence-electron chi connectivity index (χ0n) is 19.7. The fourth-order valence-corrected chi connectivity index (χ4v) is 4.10. The number of carbonyl (C=O) groups is 2. The topological polar surface area (TPSA) is 96.0 Å². The number of ether oxygens (including phenoxy) is 1. The van der Waals surface area contributed by atoms with E-state index in [9.17, 15) is 18.0 Å². The monoisotopic (exact) mass is 475 g/mol. The summed E-state index contributed by atoms with van der Waals surface area (Å²) in [4.78, 5) is 27.5. The largest absolute Gasteiger partial charge is 0.497 e. The Balaban J connectivity index is 2.31. The van der Waals surface area contributed by atoms with E-state index in [4.69, 9.17) is 4.74 Å². The van der Waals surface area contributed by atoms with Gasteiger partial charge in [0, 0.05) is 13.1 Å². The Kier molecular flexibility index (Phi) is 9.72. The minimum absolute atomic E-state index is 0.150. The molecule has 9 heteroatoms. The molecule has 0 saturated carbocycles. The van der Waals surface area contributed by atoms with E-state index in [0.29, 0.717) is 18.0 Å². The molecular weight excluding hydrogens is 442 g/mol. The number of anilines is 1. The number of hydrogen-bond donors (Lipinski definition) is 1. The van der Waals surface area contributed by atoms with E-state index in [2.05, 4.69) is 5.32 Å². The van der Waals surface area contributed by atoms with Gasteiger partial charge in [0.15, 0.2) is 0 Å². The first kappa shape index (κ1) is 26.2. The first-order valence-corrected chi connectivity index (χ1v) is 12.7. The summed E-state index contributed by atoms with van der Waals surface area (Å²) in [5.41, 5.74) is 1.18. The maximum atomic E-state index is 13.4. The fourth-order valence-electron chi connectivity index (χ4n) is 3.25. The zero-order chi connectivity index (χ0) is 24.4. The maximum Gasteiger partial charge on any atom is 0.244 e. The highest BCUT2D eigenvalue weighted by Crippen LogP contribution is 2.19. The van der Waals surface area contributed by atoms with Crippen LogP contribution < -0.4 is 14.4 Å². The molecule has 0 bridgehead atoms. The highest BCUT2D eigenvalue weighted by molar-refractivity contribution is 7.92. The summed E-state index contributed by atoms with van der Waals surface area (Å²) in [7, 11) is -2.16. The molecule has 0 heterocycles. The summed E-state index contributed by atoms with van der Waals surface area (Å²) in [5.74, 6) is -0.0801. The quantitative estimate of drug-likeness (QED) is 0.476. The number of carbonyl (C=O) groups excluding carboxylic acids is 2.